The Kier molecular flexibility index (Phi) is 4.27. The van der Waals surface area contributed by atoms with Crippen molar-refractivity contribution in [2.75, 3.05) is 20.3 Å². The number of amides is 1. The molecule has 0 saturated carbocycles. The van der Waals surface area contributed by atoms with Crippen molar-refractivity contribution in [3.8, 4) is 5.69 Å². The molecule has 1 amide bonds. The highest BCUT2D eigenvalue weighted by atomic mass is 16.5. The first-order chi connectivity index (χ1) is 10.7. The molecule has 5 heteroatoms. The number of likely N-dealkylation sites (tertiary alicyclic amines) is 1. The van der Waals surface area contributed by atoms with Crippen LogP contribution in [0.3, 0.4) is 0 Å². The van der Waals surface area contributed by atoms with Gasteiger partial charge in [0.15, 0.2) is 0 Å². The van der Waals surface area contributed by atoms with Crippen molar-refractivity contribution in [1.82, 2.24) is 9.47 Å². The number of carbonyl (C=O) groups excluding carboxylic acids is 1. The first-order valence-electron chi connectivity index (χ1n) is 7.41. The van der Waals surface area contributed by atoms with Crippen LogP contribution in [0.4, 0.5) is 0 Å². The maximum absolute atomic E-state index is 12.7. The predicted octanol–water partition coefficient (Wildman–Crippen LogP) is 1.70. The Morgan fingerprint density at radius 1 is 1.32 bits per heavy atom. The van der Waals surface area contributed by atoms with E-state index in [1.54, 1.807) is 12.0 Å². The molecule has 1 aromatic carbocycles. The fraction of sp³-hybridized carbons (Fsp3) is 0.353. The molecule has 2 atom stereocenters. The SMILES string of the molecule is CO[C@H]1C[C@@H](CO)N(C(=O)c2cccc(-n3cccc3)c2)C1. The molecule has 1 saturated heterocycles. The summed E-state index contributed by atoms with van der Waals surface area (Å²) in [5, 5.41) is 9.50. The minimum absolute atomic E-state index is 0.00580. The summed E-state index contributed by atoms with van der Waals surface area (Å²) in [7, 11) is 1.64. The van der Waals surface area contributed by atoms with Gasteiger partial charge in [-0.3, -0.25) is 4.79 Å². The van der Waals surface area contributed by atoms with Crippen LogP contribution < -0.4 is 0 Å². The molecule has 1 N–H and O–H groups in total. The van der Waals surface area contributed by atoms with Crippen LogP contribution in [0.2, 0.25) is 0 Å². The number of methoxy groups -OCH3 is 1. The topological polar surface area (TPSA) is 54.7 Å². The summed E-state index contributed by atoms with van der Waals surface area (Å²) in [4.78, 5) is 14.5. The zero-order chi connectivity index (χ0) is 15.5. The number of aliphatic hydroxyl groups excluding tert-OH is 1. The third-order valence-electron chi connectivity index (χ3n) is 4.18. The first kappa shape index (κ1) is 14.8. The first-order valence-corrected chi connectivity index (χ1v) is 7.41. The number of rotatable bonds is 4. The molecule has 1 aliphatic heterocycles. The maximum Gasteiger partial charge on any atom is 0.254 e. The van der Waals surface area contributed by atoms with E-state index >= 15 is 0 Å². The third kappa shape index (κ3) is 2.77. The summed E-state index contributed by atoms with van der Waals surface area (Å²) < 4.78 is 7.29. The summed E-state index contributed by atoms with van der Waals surface area (Å²) in [6.45, 7) is 0.483. The molecule has 2 heterocycles. The van der Waals surface area contributed by atoms with E-state index in [4.69, 9.17) is 4.74 Å². The van der Waals surface area contributed by atoms with Crippen molar-refractivity contribution in [3.05, 3.63) is 54.4 Å². The fourth-order valence-electron chi connectivity index (χ4n) is 2.94. The van der Waals surface area contributed by atoms with Crippen LogP contribution in [-0.2, 0) is 4.74 Å². The average molecular weight is 300 g/mol. The normalized spacial score (nSPS) is 21.3. The van der Waals surface area contributed by atoms with Crippen molar-refractivity contribution in [2.24, 2.45) is 0 Å². The lowest BCUT2D eigenvalue weighted by atomic mass is 10.1. The third-order valence-corrected chi connectivity index (χ3v) is 4.18. The van der Waals surface area contributed by atoms with Gasteiger partial charge >= 0.3 is 0 Å². The molecular formula is C17H20N2O3. The van der Waals surface area contributed by atoms with E-state index in [0.29, 0.717) is 18.5 Å². The number of benzene rings is 1. The zero-order valence-electron chi connectivity index (χ0n) is 12.6. The Bertz CT molecular complexity index is 639. The summed E-state index contributed by atoms with van der Waals surface area (Å²) in [6, 6.07) is 11.2. The van der Waals surface area contributed by atoms with Gasteiger partial charge in [-0.25, -0.2) is 0 Å². The Hall–Kier alpha value is -2.11. The summed E-state index contributed by atoms with van der Waals surface area (Å²) >= 11 is 0. The van der Waals surface area contributed by atoms with Gasteiger partial charge in [-0.1, -0.05) is 6.07 Å². The Morgan fingerprint density at radius 2 is 2.09 bits per heavy atom. The number of hydrogen-bond donors (Lipinski definition) is 1. The molecule has 3 rings (SSSR count). The standard InChI is InChI=1S/C17H20N2O3/c1-22-16-10-15(12-20)19(11-16)17(21)13-5-4-6-14(9-13)18-7-2-3-8-18/h2-9,15-16,20H,10-12H2,1H3/t15-,16-/m0/s1. The molecule has 5 nitrogen and oxygen atoms in total. The summed E-state index contributed by atoms with van der Waals surface area (Å²) in [6.07, 6.45) is 4.55. The van der Waals surface area contributed by atoms with Gasteiger partial charge in [0, 0.05) is 37.3 Å². The molecular weight excluding hydrogens is 280 g/mol. The second-order valence-corrected chi connectivity index (χ2v) is 5.53. The molecule has 0 aliphatic carbocycles. The van der Waals surface area contributed by atoms with E-state index in [1.165, 1.54) is 0 Å². The van der Waals surface area contributed by atoms with Crippen LogP contribution in [-0.4, -0.2) is 52.9 Å². The Morgan fingerprint density at radius 3 is 2.77 bits per heavy atom. The van der Waals surface area contributed by atoms with Gasteiger partial charge in [-0.2, -0.15) is 0 Å². The second kappa shape index (κ2) is 6.34. The van der Waals surface area contributed by atoms with Crippen molar-refractivity contribution >= 4 is 5.91 Å². The lowest BCUT2D eigenvalue weighted by molar-refractivity contribution is 0.0648. The monoisotopic (exact) mass is 300 g/mol. The van der Waals surface area contributed by atoms with Gasteiger partial charge < -0.3 is 19.3 Å². The average Bonchev–Trinajstić information content (AvgIpc) is 3.23. The highest BCUT2D eigenvalue weighted by Gasteiger charge is 2.35. The number of aromatic nitrogens is 1. The van der Waals surface area contributed by atoms with Gasteiger partial charge in [-0.15, -0.1) is 0 Å². The number of aliphatic hydroxyl groups is 1. The molecule has 116 valence electrons. The molecule has 0 bridgehead atoms. The molecule has 22 heavy (non-hydrogen) atoms. The van der Waals surface area contributed by atoms with Crippen LogP contribution in [0.5, 0.6) is 0 Å². The van der Waals surface area contributed by atoms with Crippen molar-refractivity contribution in [3.63, 3.8) is 0 Å². The minimum atomic E-state index is -0.173. The van der Waals surface area contributed by atoms with E-state index in [1.807, 2.05) is 53.4 Å². The molecule has 0 spiro atoms. The minimum Gasteiger partial charge on any atom is -0.394 e. The zero-order valence-corrected chi connectivity index (χ0v) is 12.6. The van der Waals surface area contributed by atoms with E-state index < -0.39 is 0 Å². The van der Waals surface area contributed by atoms with Gasteiger partial charge in [0.05, 0.1) is 18.8 Å². The molecule has 0 unspecified atom stereocenters. The summed E-state index contributed by atoms with van der Waals surface area (Å²) in [5.41, 5.74) is 1.57. The number of hydrogen-bond acceptors (Lipinski definition) is 3. The van der Waals surface area contributed by atoms with Crippen LogP contribution in [0.25, 0.3) is 5.69 Å². The molecule has 2 aromatic rings. The van der Waals surface area contributed by atoms with E-state index in [9.17, 15) is 9.90 Å². The van der Waals surface area contributed by atoms with Crippen LogP contribution in [0.15, 0.2) is 48.8 Å². The quantitative estimate of drug-likeness (QED) is 0.935. The summed E-state index contributed by atoms with van der Waals surface area (Å²) in [5.74, 6) is -0.0624. The van der Waals surface area contributed by atoms with E-state index in [2.05, 4.69) is 0 Å². The van der Waals surface area contributed by atoms with Gasteiger partial charge in [0.1, 0.15) is 0 Å². The molecule has 1 aliphatic rings. The van der Waals surface area contributed by atoms with E-state index in [0.717, 1.165) is 5.69 Å². The van der Waals surface area contributed by atoms with Crippen LogP contribution >= 0.6 is 0 Å². The van der Waals surface area contributed by atoms with Crippen molar-refractivity contribution < 1.29 is 14.6 Å². The smallest absolute Gasteiger partial charge is 0.254 e. The van der Waals surface area contributed by atoms with Gasteiger partial charge in [0.25, 0.3) is 5.91 Å². The fourth-order valence-corrected chi connectivity index (χ4v) is 2.94. The van der Waals surface area contributed by atoms with Crippen molar-refractivity contribution in [2.45, 2.75) is 18.6 Å². The van der Waals surface area contributed by atoms with Gasteiger partial charge in [-0.05, 0) is 36.8 Å². The maximum atomic E-state index is 12.7. The van der Waals surface area contributed by atoms with E-state index in [-0.39, 0.29) is 24.7 Å². The lowest BCUT2D eigenvalue weighted by Gasteiger charge is -2.23. The molecule has 1 fully saturated rings. The lowest BCUT2D eigenvalue weighted by Crippen LogP contribution is -2.38. The van der Waals surface area contributed by atoms with Crippen molar-refractivity contribution in [1.29, 1.82) is 0 Å². The largest absolute Gasteiger partial charge is 0.394 e. The van der Waals surface area contributed by atoms with Gasteiger partial charge in [0.2, 0.25) is 0 Å². The number of nitrogens with zero attached hydrogens (tertiary/aromatic N) is 2. The predicted molar refractivity (Wildman–Crippen MR) is 83.1 cm³/mol. The molecule has 0 radical (unpaired) electrons. The number of carbonyl (C=O) groups is 1. The van der Waals surface area contributed by atoms with Crippen LogP contribution in [0, 0.1) is 0 Å². The second-order valence-electron chi connectivity index (χ2n) is 5.53. The highest BCUT2D eigenvalue weighted by molar-refractivity contribution is 5.95. The highest BCUT2D eigenvalue weighted by Crippen LogP contribution is 2.23. The Balaban J connectivity index is 1.84. The Labute approximate surface area is 129 Å². The molecule has 1 aromatic heterocycles. The van der Waals surface area contributed by atoms with Crippen LogP contribution in [0.1, 0.15) is 16.8 Å². The number of ether oxygens (including phenoxy) is 1.